The first-order valence-electron chi connectivity index (χ1n) is 9.05. The summed E-state index contributed by atoms with van der Waals surface area (Å²) >= 11 is 1.34. The molecule has 2 N–H and O–H groups in total. The van der Waals surface area contributed by atoms with E-state index in [1.54, 1.807) is 16.8 Å². The number of carbonyl (C=O) groups excluding carboxylic acids is 1. The van der Waals surface area contributed by atoms with Crippen molar-refractivity contribution in [1.82, 2.24) is 14.9 Å². The maximum atomic E-state index is 13.4. The Kier molecular flexibility index (Phi) is 5.04. The Bertz CT molecular complexity index is 987. The van der Waals surface area contributed by atoms with Crippen LogP contribution in [-0.2, 0) is 11.2 Å². The normalized spacial score (nSPS) is 18.2. The first kappa shape index (κ1) is 18.5. The van der Waals surface area contributed by atoms with Crippen molar-refractivity contribution in [2.45, 2.75) is 36.7 Å². The number of rotatable bonds is 4. The molecule has 0 bridgehead atoms. The van der Waals surface area contributed by atoms with E-state index in [2.05, 4.69) is 27.9 Å². The third kappa shape index (κ3) is 3.60. The van der Waals surface area contributed by atoms with Crippen molar-refractivity contribution in [2.75, 3.05) is 10.7 Å². The topological polar surface area (TPSA) is 71.8 Å². The number of nitrogens with zero attached hydrogens (tertiary/aromatic N) is 3. The third-order valence-corrected chi connectivity index (χ3v) is 5.93. The molecule has 144 valence electrons. The van der Waals surface area contributed by atoms with Gasteiger partial charge in [-0.05, 0) is 48.7 Å². The van der Waals surface area contributed by atoms with E-state index < -0.39 is 5.25 Å². The largest absolute Gasteiger partial charge is 0.325 e. The molecule has 1 aliphatic heterocycles. The molecule has 1 aromatic heterocycles. The molecule has 1 amide bonds. The summed E-state index contributed by atoms with van der Waals surface area (Å²) in [4.78, 5) is 13.1. The molecular formula is C20H20FN5OS. The molecule has 0 saturated carbocycles. The van der Waals surface area contributed by atoms with Crippen LogP contribution in [0.5, 0.6) is 0 Å². The van der Waals surface area contributed by atoms with E-state index in [-0.39, 0.29) is 17.8 Å². The molecule has 0 unspecified atom stereocenters. The van der Waals surface area contributed by atoms with Crippen molar-refractivity contribution < 1.29 is 9.18 Å². The molecule has 1 aliphatic rings. The fourth-order valence-corrected chi connectivity index (χ4v) is 4.24. The lowest BCUT2D eigenvalue weighted by molar-refractivity contribution is -0.116. The van der Waals surface area contributed by atoms with Gasteiger partial charge >= 0.3 is 0 Å². The molecule has 8 heteroatoms. The molecule has 0 fully saturated rings. The lowest BCUT2D eigenvalue weighted by Crippen LogP contribution is -2.41. The number of thioether (sulfide) groups is 1. The van der Waals surface area contributed by atoms with E-state index in [1.807, 2.05) is 31.2 Å². The molecule has 0 spiro atoms. The second-order valence-corrected chi connectivity index (χ2v) is 7.71. The number of aryl methyl sites for hydroxylation is 2. The zero-order valence-electron chi connectivity index (χ0n) is 15.5. The van der Waals surface area contributed by atoms with E-state index in [9.17, 15) is 9.18 Å². The zero-order valence-corrected chi connectivity index (χ0v) is 16.3. The van der Waals surface area contributed by atoms with Crippen LogP contribution < -0.4 is 10.7 Å². The quantitative estimate of drug-likeness (QED) is 0.703. The number of benzene rings is 2. The van der Waals surface area contributed by atoms with Crippen molar-refractivity contribution in [3.8, 4) is 0 Å². The first-order chi connectivity index (χ1) is 13.5. The smallest absolute Gasteiger partial charge is 0.240 e. The summed E-state index contributed by atoms with van der Waals surface area (Å²) in [6.45, 7) is 3.92. The lowest BCUT2D eigenvalue weighted by atomic mass is 10.0. The average molecular weight is 397 g/mol. The first-order valence-corrected chi connectivity index (χ1v) is 9.93. The molecular weight excluding hydrogens is 377 g/mol. The Morgan fingerprint density at radius 1 is 1.18 bits per heavy atom. The highest BCUT2D eigenvalue weighted by atomic mass is 32.2. The highest BCUT2D eigenvalue weighted by Gasteiger charge is 2.37. The number of carbonyl (C=O) groups is 1. The van der Waals surface area contributed by atoms with Gasteiger partial charge in [-0.2, -0.15) is 0 Å². The molecule has 2 aromatic carbocycles. The van der Waals surface area contributed by atoms with Gasteiger partial charge in [0, 0.05) is 5.69 Å². The number of aromatic nitrogens is 3. The molecule has 2 heterocycles. The monoisotopic (exact) mass is 397 g/mol. The number of hydrogen-bond acceptors (Lipinski definition) is 5. The van der Waals surface area contributed by atoms with Gasteiger partial charge in [-0.15, -0.1) is 10.2 Å². The molecule has 0 aliphatic carbocycles. The van der Waals surface area contributed by atoms with Gasteiger partial charge in [0.2, 0.25) is 11.1 Å². The molecule has 4 rings (SSSR count). The van der Waals surface area contributed by atoms with Crippen LogP contribution in [0.1, 0.15) is 29.9 Å². The van der Waals surface area contributed by atoms with E-state index >= 15 is 0 Å². The predicted molar refractivity (Wildman–Crippen MR) is 107 cm³/mol. The summed E-state index contributed by atoms with van der Waals surface area (Å²) in [5.74, 6) is 0.233. The van der Waals surface area contributed by atoms with Gasteiger partial charge < -0.3 is 10.7 Å². The van der Waals surface area contributed by atoms with Gasteiger partial charge in [0.05, 0.1) is 6.04 Å². The summed E-state index contributed by atoms with van der Waals surface area (Å²) in [5.41, 5.74) is 6.07. The molecule has 2 atom stereocenters. The van der Waals surface area contributed by atoms with Crippen LogP contribution in [0, 0.1) is 12.7 Å². The number of anilines is 1. The number of hydrogen-bond donors (Lipinski definition) is 2. The van der Waals surface area contributed by atoms with Crippen molar-refractivity contribution in [3.05, 3.63) is 71.3 Å². The minimum atomic E-state index is -0.493. The Morgan fingerprint density at radius 3 is 2.57 bits per heavy atom. The summed E-state index contributed by atoms with van der Waals surface area (Å²) in [7, 11) is 0. The van der Waals surface area contributed by atoms with Crippen LogP contribution in [0.15, 0.2) is 53.7 Å². The summed E-state index contributed by atoms with van der Waals surface area (Å²) in [6.07, 6.45) is 0.943. The number of halogens is 1. The van der Waals surface area contributed by atoms with Crippen LogP contribution in [0.25, 0.3) is 0 Å². The summed E-state index contributed by atoms with van der Waals surface area (Å²) in [6, 6.07) is 13.6. The standard InChI is InChI=1S/C20H20FN5OS/c1-3-13-4-10-16(11-5-13)22-19(27)18-17(14-6-8-15(21)9-7-14)25-26-12(2)23-24-20(26)28-18/h4-11,17-18,25H,3H2,1-2H3,(H,22,27)/t17-,18-/m0/s1. The van der Waals surface area contributed by atoms with Gasteiger partial charge in [-0.1, -0.05) is 43.0 Å². The third-order valence-electron chi connectivity index (χ3n) is 4.72. The molecule has 0 radical (unpaired) electrons. The van der Waals surface area contributed by atoms with E-state index in [1.165, 1.54) is 29.5 Å². The van der Waals surface area contributed by atoms with E-state index in [0.29, 0.717) is 11.0 Å². The number of nitrogens with one attached hydrogen (secondary N) is 2. The van der Waals surface area contributed by atoms with E-state index in [4.69, 9.17) is 0 Å². The van der Waals surface area contributed by atoms with Gasteiger partial charge in [0.25, 0.3) is 0 Å². The maximum absolute atomic E-state index is 13.4. The maximum Gasteiger partial charge on any atom is 0.240 e. The van der Waals surface area contributed by atoms with Crippen molar-refractivity contribution in [3.63, 3.8) is 0 Å². The molecule has 0 saturated heterocycles. The fourth-order valence-electron chi connectivity index (χ4n) is 3.12. The Balaban J connectivity index is 1.62. The van der Waals surface area contributed by atoms with Crippen LogP contribution in [0.3, 0.4) is 0 Å². The van der Waals surface area contributed by atoms with Crippen LogP contribution in [-0.4, -0.2) is 26.0 Å². The van der Waals surface area contributed by atoms with Gasteiger partial charge in [-0.25, -0.2) is 9.07 Å². The lowest BCUT2D eigenvalue weighted by Gasteiger charge is -2.32. The highest BCUT2D eigenvalue weighted by molar-refractivity contribution is 8.00. The second kappa shape index (κ2) is 7.63. The second-order valence-electron chi connectivity index (χ2n) is 6.60. The van der Waals surface area contributed by atoms with E-state index in [0.717, 1.165) is 17.7 Å². The summed E-state index contributed by atoms with van der Waals surface area (Å²) in [5, 5.41) is 11.3. The summed E-state index contributed by atoms with van der Waals surface area (Å²) < 4.78 is 15.1. The van der Waals surface area contributed by atoms with Crippen molar-refractivity contribution >= 4 is 23.4 Å². The predicted octanol–water partition coefficient (Wildman–Crippen LogP) is 3.69. The van der Waals surface area contributed by atoms with Crippen LogP contribution in [0.4, 0.5) is 10.1 Å². The van der Waals surface area contributed by atoms with Crippen molar-refractivity contribution in [2.24, 2.45) is 0 Å². The van der Waals surface area contributed by atoms with Gasteiger partial charge in [0.1, 0.15) is 16.9 Å². The highest BCUT2D eigenvalue weighted by Crippen LogP contribution is 2.37. The average Bonchev–Trinajstić information content (AvgIpc) is 3.08. The van der Waals surface area contributed by atoms with Crippen LogP contribution in [0.2, 0.25) is 0 Å². The minimum Gasteiger partial charge on any atom is -0.325 e. The fraction of sp³-hybridized carbons (Fsp3) is 0.250. The molecule has 6 nitrogen and oxygen atoms in total. The minimum absolute atomic E-state index is 0.150. The van der Waals surface area contributed by atoms with Crippen molar-refractivity contribution in [1.29, 1.82) is 0 Å². The zero-order chi connectivity index (χ0) is 19.7. The molecule has 28 heavy (non-hydrogen) atoms. The van der Waals surface area contributed by atoms with Gasteiger partial charge in [-0.3, -0.25) is 4.79 Å². The molecule has 3 aromatic rings. The van der Waals surface area contributed by atoms with Gasteiger partial charge in [0.15, 0.2) is 0 Å². The number of fused-ring (bicyclic) bond motifs is 1. The Hall–Kier alpha value is -2.87. The Morgan fingerprint density at radius 2 is 1.89 bits per heavy atom. The SMILES string of the molecule is CCc1ccc(NC(=O)[C@H]2Sc3nnc(C)n3N[C@H]2c2ccc(F)cc2)cc1. The number of amides is 1. The Labute approximate surface area is 166 Å². The van der Waals surface area contributed by atoms with Crippen LogP contribution >= 0.6 is 11.8 Å².